The predicted molar refractivity (Wildman–Crippen MR) is 68.1 cm³/mol. The Morgan fingerprint density at radius 1 is 1.20 bits per heavy atom. The highest BCUT2D eigenvalue weighted by atomic mass is 14.9. The van der Waals surface area contributed by atoms with Crippen LogP contribution in [0.1, 0.15) is 66.2 Å². The van der Waals surface area contributed by atoms with Crippen molar-refractivity contribution in [3.05, 3.63) is 0 Å². The molecule has 1 rings (SSSR count). The zero-order valence-corrected chi connectivity index (χ0v) is 11.3. The smallest absolute Gasteiger partial charge is 0.0118 e. The minimum absolute atomic E-state index is 0.476. The van der Waals surface area contributed by atoms with Gasteiger partial charge in [-0.3, -0.25) is 0 Å². The lowest BCUT2D eigenvalue weighted by Crippen LogP contribution is -2.40. The van der Waals surface area contributed by atoms with E-state index in [0.29, 0.717) is 10.8 Å². The van der Waals surface area contributed by atoms with Crippen LogP contribution < -0.4 is 5.32 Å². The molecule has 0 aromatic rings. The second-order valence-electron chi connectivity index (χ2n) is 6.80. The molecule has 0 bridgehead atoms. The van der Waals surface area contributed by atoms with Crippen molar-refractivity contribution >= 4 is 0 Å². The molecule has 1 unspecified atom stereocenters. The van der Waals surface area contributed by atoms with E-state index in [-0.39, 0.29) is 0 Å². The van der Waals surface area contributed by atoms with Crippen LogP contribution in [0.2, 0.25) is 0 Å². The molecule has 90 valence electrons. The van der Waals surface area contributed by atoms with Gasteiger partial charge in [0.15, 0.2) is 0 Å². The molecule has 0 spiro atoms. The molecule has 1 atom stereocenters. The molecule has 15 heavy (non-hydrogen) atoms. The maximum Gasteiger partial charge on any atom is 0.0118 e. The number of hydrogen-bond donors (Lipinski definition) is 1. The Balaban J connectivity index is 2.48. The van der Waals surface area contributed by atoms with Crippen molar-refractivity contribution in [2.75, 3.05) is 7.05 Å². The van der Waals surface area contributed by atoms with Crippen LogP contribution in [-0.2, 0) is 0 Å². The van der Waals surface area contributed by atoms with E-state index < -0.39 is 0 Å². The summed E-state index contributed by atoms with van der Waals surface area (Å²) >= 11 is 0. The molecular formula is C14H29N. The maximum absolute atomic E-state index is 3.56. The fraction of sp³-hybridized carbons (Fsp3) is 1.00. The van der Waals surface area contributed by atoms with Gasteiger partial charge in [0.2, 0.25) is 0 Å². The van der Waals surface area contributed by atoms with Gasteiger partial charge in [-0.1, -0.05) is 40.5 Å². The first-order valence-corrected chi connectivity index (χ1v) is 6.55. The summed E-state index contributed by atoms with van der Waals surface area (Å²) in [5.74, 6) is 0. The molecule has 1 fully saturated rings. The summed E-state index contributed by atoms with van der Waals surface area (Å²) in [6.45, 7) is 9.51. The average Bonchev–Trinajstić information content (AvgIpc) is 2.52. The van der Waals surface area contributed by atoms with Crippen molar-refractivity contribution in [1.82, 2.24) is 5.32 Å². The van der Waals surface area contributed by atoms with E-state index in [0.717, 1.165) is 6.04 Å². The van der Waals surface area contributed by atoms with Crippen LogP contribution in [-0.4, -0.2) is 13.1 Å². The first kappa shape index (κ1) is 13.0. The van der Waals surface area contributed by atoms with Crippen LogP contribution in [0.5, 0.6) is 0 Å². The minimum Gasteiger partial charge on any atom is -0.316 e. The third kappa shape index (κ3) is 3.79. The molecule has 1 aliphatic carbocycles. The Bertz CT molecular complexity index is 184. The summed E-state index contributed by atoms with van der Waals surface area (Å²) in [4.78, 5) is 0. The zero-order chi connectivity index (χ0) is 11.5. The second-order valence-corrected chi connectivity index (χ2v) is 6.80. The van der Waals surface area contributed by atoms with Gasteiger partial charge in [-0.05, 0) is 43.6 Å². The molecule has 1 saturated carbocycles. The van der Waals surface area contributed by atoms with Crippen LogP contribution in [0.15, 0.2) is 0 Å². The topological polar surface area (TPSA) is 12.0 Å². The van der Waals surface area contributed by atoms with Crippen molar-refractivity contribution in [1.29, 1.82) is 0 Å². The van der Waals surface area contributed by atoms with Crippen LogP contribution in [0.4, 0.5) is 0 Å². The molecule has 0 aromatic carbocycles. The highest BCUT2D eigenvalue weighted by molar-refractivity contribution is 4.91. The molecule has 0 saturated heterocycles. The van der Waals surface area contributed by atoms with E-state index in [2.05, 4.69) is 40.1 Å². The minimum atomic E-state index is 0.476. The van der Waals surface area contributed by atoms with Crippen molar-refractivity contribution in [2.24, 2.45) is 10.8 Å². The molecule has 0 aliphatic heterocycles. The Kier molecular flexibility index (Phi) is 4.22. The van der Waals surface area contributed by atoms with E-state index in [1.807, 2.05) is 0 Å². The highest BCUT2D eigenvalue weighted by Gasteiger charge is 2.36. The predicted octanol–water partition coefficient (Wildman–Crippen LogP) is 3.98. The summed E-state index contributed by atoms with van der Waals surface area (Å²) in [5, 5.41) is 3.56. The van der Waals surface area contributed by atoms with Crippen molar-refractivity contribution < 1.29 is 0 Å². The summed E-state index contributed by atoms with van der Waals surface area (Å²) in [5.41, 5.74) is 1.05. The van der Waals surface area contributed by atoms with Gasteiger partial charge in [0.1, 0.15) is 0 Å². The monoisotopic (exact) mass is 211 g/mol. The Hall–Kier alpha value is -0.0400. The number of rotatable bonds is 4. The molecule has 1 nitrogen and oxygen atoms in total. The molecular weight excluding hydrogens is 182 g/mol. The SMILES string of the molecule is CNC(CCC(C)(C)C)C1(C)CCCC1. The lowest BCUT2D eigenvalue weighted by molar-refractivity contribution is 0.197. The Morgan fingerprint density at radius 3 is 2.13 bits per heavy atom. The Labute approximate surface area is 96.0 Å². The summed E-state index contributed by atoms with van der Waals surface area (Å²) < 4.78 is 0. The zero-order valence-electron chi connectivity index (χ0n) is 11.3. The lowest BCUT2D eigenvalue weighted by atomic mass is 9.76. The van der Waals surface area contributed by atoms with Gasteiger partial charge in [0.25, 0.3) is 0 Å². The van der Waals surface area contributed by atoms with E-state index in [9.17, 15) is 0 Å². The van der Waals surface area contributed by atoms with Gasteiger partial charge in [0, 0.05) is 6.04 Å². The third-order valence-corrected chi connectivity index (χ3v) is 4.12. The first-order chi connectivity index (χ1) is 6.87. The lowest BCUT2D eigenvalue weighted by Gasteiger charge is -2.35. The van der Waals surface area contributed by atoms with E-state index in [1.54, 1.807) is 0 Å². The fourth-order valence-electron chi connectivity index (χ4n) is 2.95. The maximum atomic E-state index is 3.56. The summed E-state index contributed by atoms with van der Waals surface area (Å²) in [7, 11) is 2.14. The normalized spacial score (nSPS) is 23.0. The number of hydrogen-bond acceptors (Lipinski definition) is 1. The molecule has 1 N–H and O–H groups in total. The van der Waals surface area contributed by atoms with Gasteiger partial charge in [0.05, 0.1) is 0 Å². The molecule has 0 aromatic heterocycles. The van der Waals surface area contributed by atoms with Crippen molar-refractivity contribution in [3.63, 3.8) is 0 Å². The van der Waals surface area contributed by atoms with E-state index in [1.165, 1.54) is 38.5 Å². The van der Waals surface area contributed by atoms with Gasteiger partial charge in [-0.25, -0.2) is 0 Å². The van der Waals surface area contributed by atoms with Crippen molar-refractivity contribution in [3.8, 4) is 0 Å². The second kappa shape index (κ2) is 4.86. The summed E-state index contributed by atoms with van der Waals surface area (Å²) in [6, 6.07) is 0.722. The van der Waals surface area contributed by atoms with E-state index in [4.69, 9.17) is 0 Å². The average molecular weight is 211 g/mol. The van der Waals surface area contributed by atoms with Crippen LogP contribution >= 0.6 is 0 Å². The van der Waals surface area contributed by atoms with Gasteiger partial charge < -0.3 is 5.32 Å². The molecule has 0 radical (unpaired) electrons. The van der Waals surface area contributed by atoms with Crippen LogP contribution in [0, 0.1) is 10.8 Å². The highest BCUT2D eigenvalue weighted by Crippen LogP contribution is 2.42. The molecule has 1 aliphatic rings. The van der Waals surface area contributed by atoms with Crippen LogP contribution in [0.3, 0.4) is 0 Å². The molecule has 1 heteroatoms. The Morgan fingerprint density at radius 2 is 1.73 bits per heavy atom. The summed E-state index contributed by atoms with van der Waals surface area (Å²) in [6.07, 6.45) is 8.37. The van der Waals surface area contributed by atoms with Gasteiger partial charge in [-0.15, -0.1) is 0 Å². The fourth-order valence-corrected chi connectivity index (χ4v) is 2.95. The number of nitrogens with one attached hydrogen (secondary N) is 1. The van der Waals surface area contributed by atoms with Gasteiger partial charge >= 0.3 is 0 Å². The van der Waals surface area contributed by atoms with Crippen LogP contribution in [0.25, 0.3) is 0 Å². The third-order valence-electron chi connectivity index (χ3n) is 4.12. The molecule has 0 heterocycles. The molecule has 0 amide bonds. The quantitative estimate of drug-likeness (QED) is 0.741. The van der Waals surface area contributed by atoms with Gasteiger partial charge in [-0.2, -0.15) is 0 Å². The van der Waals surface area contributed by atoms with Crippen molar-refractivity contribution in [2.45, 2.75) is 72.3 Å². The first-order valence-electron chi connectivity index (χ1n) is 6.55. The standard InChI is InChI=1S/C14H29N/c1-13(2,3)11-8-12(15-5)14(4)9-6-7-10-14/h12,15H,6-11H2,1-5H3. The van der Waals surface area contributed by atoms with E-state index >= 15 is 0 Å². The largest absolute Gasteiger partial charge is 0.316 e.